The van der Waals surface area contributed by atoms with Crippen molar-refractivity contribution < 1.29 is 4.74 Å². The fourth-order valence-electron chi connectivity index (χ4n) is 2.36. The maximum absolute atomic E-state index is 12.0. The molecule has 0 saturated heterocycles. The molecule has 0 saturated carbocycles. The van der Waals surface area contributed by atoms with E-state index in [1.165, 1.54) is 34.4 Å². The molecule has 10 heteroatoms. The first-order chi connectivity index (χ1) is 13.2. The number of methoxy groups -OCH3 is 1. The quantitative estimate of drug-likeness (QED) is 0.461. The van der Waals surface area contributed by atoms with E-state index in [0.717, 1.165) is 26.5 Å². The molecular formula is C17H15N5O2S3. The molecule has 0 unspecified atom stereocenters. The van der Waals surface area contributed by atoms with Gasteiger partial charge in [-0.1, -0.05) is 35.2 Å². The van der Waals surface area contributed by atoms with Crippen LogP contribution >= 0.6 is 34.4 Å². The van der Waals surface area contributed by atoms with Crippen LogP contribution in [0.15, 0.2) is 51.0 Å². The van der Waals surface area contributed by atoms with Gasteiger partial charge < -0.3 is 10.1 Å². The number of hydrogen-bond donors (Lipinski definition) is 1. The van der Waals surface area contributed by atoms with Crippen LogP contribution in [0.3, 0.4) is 0 Å². The first-order valence-corrected chi connectivity index (χ1v) is 10.7. The minimum absolute atomic E-state index is 0.0593. The molecule has 0 aliphatic carbocycles. The molecule has 0 bridgehead atoms. The van der Waals surface area contributed by atoms with Gasteiger partial charge in [-0.3, -0.25) is 9.20 Å². The lowest BCUT2D eigenvalue weighted by molar-refractivity contribution is 0.414. The molecule has 0 aliphatic rings. The van der Waals surface area contributed by atoms with E-state index < -0.39 is 0 Å². The van der Waals surface area contributed by atoms with Crippen molar-refractivity contribution in [3.63, 3.8) is 0 Å². The molecular weight excluding hydrogens is 402 g/mol. The Balaban J connectivity index is 1.35. The number of hydrogen-bond acceptors (Lipinski definition) is 9. The largest absolute Gasteiger partial charge is 0.497 e. The molecule has 0 fully saturated rings. The lowest BCUT2D eigenvalue weighted by Crippen LogP contribution is -2.12. The summed E-state index contributed by atoms with van der Waals surface area (Å²) >= 11 is 4.46. The van der Waals surface area contributed by atoms with E-state index in [2.05, 4.69) is 20.5 Å². The van der Waals surface area contributed by atoms with Crippen molar-refractivity contribution in [3.8, 4) is 5.75 Å². The molecule has 0 aliphatic heterocycles. The summed E-state index contributed by atoms with van der Waals surface area (Å²) in [6.07, 6.45) is 1.73. The van der Waals surface area contributed by atoms with Gasteiger partial charge in [-0.2, -0.15) is 0 Å². The molecule has 4 rings (SSSR count). The lowest BCUT2D eigenvalue weighted by Gasteiger charge is -2.03. The van der Waals surface area contributed by atoms with Gasteiger partial charge >= 0.3 is 0 Å². The highest BCUT2D eigenvalue weighted by Crippen LogP contribution is 2.28. The Bertz CT molecular complexity index is 1100. The first-order valence-electron chi connectivity index (χ1n) is 8.00. The van der Waals surface area contributed by atoms with Crippen molar-refractivity contribution in [1.82, 2.24) is 19.6 Å². The Hall–Kier alpha value is -2.43. The minimum Gasteiger partial charge on any atom is -0.497 e. The van der Waals surface area contributed by atoms with Crippen molar-refractivity contribution in [3.05, 3.63) is 63.5 Å². The van der Waals surface area contributed by atoms with Crippen molar-refractivity contribution in [2.24, 2.45) is 0 Å². The average Bonchev–Trinajstić information content (AvgIpc) is 3.34. The van der Waals surface area contributed by atoms with Gasteiger partial charge in [0, 0.05) is 29.9 Å². The van der Waals surface area contributed by atoms with Crippen LogP contribution in [0.25, 0.3) is 4.96 Å². The Labute approximate surface area is 167 Å². The van der Waals surface area contributed by atoms with Crippen molar-refractivity contribution in [1.29, 1.82) is 0 Å². The zero-order valence-electron chi connectivity index (χ0n) is 14.3. The van der Waals surface area contributed by atoms with E-state index in [-0.39, 0.29) is 5.56 Å². The summed E-state index contributed by atoms with van der Waals surface area (Å²) in [5, 5.41) is 14.2. The molecule has 0 spiro atoms. The monoisotopic (exact) mass is 417 g/mol. The molecule has 0 amide bonds. The normalized spacial score (nSPS) is 11.0. The molecule has 1 N–H and O–H groups in total. The van der Waals surface area contributed by atoms with E-state index in [0.29, 0.717) is 17.3 Å². The number of thiazole rings is 1. The molecule has 4 aromatic rings. The molecule has 0 atom stereocenters. The van der Waals surface area contributed by atoms with Gasteiger partial charge in [0.25, 0.3) is 5.56 Å². The van der Waals surface area contributed by atoms with E-state index in [1.807, 2.05) is 29.6 Å². The van der Waals surface area contributed by atoms with Crippen LogP contribution in [-0.4, -0.2) is 26.7 Å². The third kappa shape index (κ3) is 4.29. The number of rotatable bonds is 7. The Morgan fingerprint density at radius 1 is 1.26 bits per heavy atom. The smallest absolute Gasteiger partial charge is 0.258 e. The lowest BCUT2D eigenvalue weighted by atomic mass is 10.2. The van der Waals surface area contributed by atoms with Gasteiger partial charge in [0.15, 0.2) is 9.30 Å². The fraction of sp³-hybridized carbons (Fsp3) is 0.176. The summed E-state index contributed by atoms with van der Waals surface area (Å²) in [6.45, 7) is 0.663. The van der Waals surface area contributed by atoms with Gasteiger partial charge in [-0.15, -0.1) is 21.5 Å². The first kappa shape index (κ1) is 18.0. The van der Waals surface area contributed by atoms with E-state index in [4.69, 9.17) is 4.74 Å². The van der Waals surface area contributed by atoms with Gasteiger partial charge in [0.1, 0.15) is 5.75 Å². The zero-order chi connectivity index (χ0) is 18.6. The fourth-order valence-corrected chi connectivity index (χ4v) is 4.74. The van der Waals surface area contributed by atoms with Gasteiger partial charge in [0.05, 0.1) is 12.8 Å². The van der Waals surface area contributed by atoms with E-state index in [9.17, 15) is 4.79 Å². The second-order valence-electron chi connectivity index (χ2n) is 5.50. The highest BCUT2D eigenvalue weighted by molar-refractivity contribution is 8.00. The maximum Gasteiger partial charge on any atom is 0.258 e. The van der Waals surface area contributed by atoms with Crippen LogP contribution < -0.4 is 15.6 Å². The molecule has 0 radical (unpaired) electrons. The molecule has 3 heterocycles. The molecule has 27 heavy (non-hydrogen) atoms. The summed E-state index contributed by atoms with van der Waals surface area (Å²) in [4.78, 5) is 17.2. The summed E-state index contributed by atoms with van der Waals surface area (Å²) < 4.78 is 7.54. The van der Waals surface area contributed by atoms with Crippen molar-refractivity contribution in [2.75, 3.05) is 12.4 Å². The van der Waals surface area contributed by atoms with Gasteiger partial charge in [0.2, 0.25) is 5.13 Å². The van der Waals surface area contributed by atoms with E-state index >= 15 is 0 Å². The van der Waals surface area contributed by atoms with Crippen molar-refractivity contribution in [2.45, 2.75) is 16.6 Å². The van der Waals surface area contributed by atoms with Crippen molar-refractivity contribution >= 4 is 44.5 Å². The summed E-state index contributed by atoms with van der Waals surface area (Å²) in [5.41, 5.74) is 1.82. The van der Waals surface area contributed by atoms with Crippen LogP contribution in [0, 0.1) is 0 Å². The van der Waals surface area contributed by atoms with Crippen LogP contribution in [0.5, 0.6) is 5.75 Å². The zero-order valence-corrected chi connectivity index (χ0v) is 16.7. The number of fused-ring (bicyclic) bond motifs is 1. The number of aromatic nitrogens is 4. The van der Waals surface area contributed by atoms with Gasteiger partial charge in [-0.05, 0) is 17.7 Å². The average molecular weight is 418 g/mol. The number of thioether (sulfide) groups is 1. The van der Waals surface area contributed by atoms with Crippen LogP contribution in [0.4, 0.5) is 5.13 Å². The number of benzene rings is 1. The Kier molecular flexibility index (Phi) is 5.37. The van der Waals surface area contributed by atoms with Crippen LogP contribution in [0.2, 0.25) is 0 Å². The van der Waals surface area contributed by atoms with Crippen LogP contribution in [0.1, 0.15) is 11.3 Å². The third-order valence-electron chi connectivity index (χ3n) is 3.71. The molecule has 1 aromatic carbocycles. The predicted octanol–water partition coefficient (Wildman–Crippen LogP) is 3.52. The maximum atomic E-state index is 12.0. The van der Waals surface area contributed by atoms with Crippen LogP contribution in [-0.2, 0) is 12.3 Å². The summed E-state index contributed by atoms with van der Waals surface area (Å²) in [6, 6.07) is 9.44. The molecule has 7 nitrogen and oxygen atoms in total. The molecule has 138 valence electrons. The summed E-state index contributed by atoms with van der Waals surface area (Å²) in [5.74, 6) is 1.42. The molecule has 3 aromatic heterocycles. The topological polar surface area (TPSA) is 81.4 Å². The van der Waals surface area contributed by atoms with E-state index in [1.54, 1.807) is 23.8 Å². The predicted molar refractivity (Wildman–Crippen MR) is 109 cm³/mol. The minimum atomic E-state index is -0.0593. The standard InChI is InChI=1S/C17H15N5O2S3/c1-24-13-4-2-11(3-5-13)9-18-15-20-21-17(27-15)26-10-12-8-14(23)22-6-7-25-16(22)19-12/h2-8H,9-10H2,1H3,(H,18,20). The highest BCUT2D eigenvalue weighted by Gasteiger charge is 2.08. The second-order valence-corrected chi connectivity index (χ2v) is 8.58. The Morgan fingerprint density at radius 3 is 2.93 bits per heavy atom. The third-order valence-corrected chi connectivity index (χ3v) is 6.51. The number of anilines is 1. The number of nitrogens with zero attached hydrogens (tertiary/aromatic N) is 4. The highest BCUT2D eigenvalue weighted by atomic mass is 32.2. The SMILES string of the molecule is COc1ccc(CNc2nnc(SCc3cc(=O)n4ccsc4n3)s2)cc1. The number of nitrogens with one attached hydrogen (secondary N) is 1. The number of ether oxygens (including phenoxy) is 1. The second kappa shape index (κ2) is 8.07. The summed E-state index contributed by atoms with van der Waals surface area (Å²) in [7, 11) is 1.65. The Morgan fingerprint density at radius 2 is 2.11 bits per heavy atom. The van der Waals surface area contributed by atoms with Gasteiger partial charge in [-0.25, -0.2) is 4.98 Å².